The van der Waals surface area contributed by atoms with Gasteiger partial charge in [-0.25, -0.2) is 4.39 Å². The maximum Gasteiger partial charge on any atom is 0.313 e. The van der Waals surface area contributed by atoms with Crippen LogP contribution < -0.4 is 15.5 Å². The number of hydrogen-bond acceptors (Lipinski definition) is 3. The Morgan fingerprint density at radius 3 is 2.54 bits per heavy atom. The number of piperidine rings is 1. The highest BCUT2D eigenvalue weighted by Crippen LogP contribution is 2.27. The lowest BCUT2D eigenvalue weighted by Gasteiger charge is -2.28. The summed E-state index contributed by atoms with van der Waals surface area (Å²) in [6.07, 6.45) is 2.34. The van der Waals surface area contributed by atoms with E-state index in [1.807, 2.05) is 13.0 Å². The maximum atomic E-state index is 12.9. The number of benzene rings is 2. The lowest BCUT2D eigenvalue weighted by Crippen LogP contribution is -2.36. The molecule has 0 saturated carbocycles. The molecule has 0 aromatic heterocycles. The Balaban J connectivity index is 1.63. The number of anilines is 2. The molecule has 0 atom stereocenters. The van der Waals surface area contributed by atoms with Gasteiger partial charge in [0.1, 0.15) is 5.82 Å². The van der Waals surface area contributed by atoms with E-state index in [1.165, 1.54) is 24.3 Å². The van der Waals surface area contributed by atoms with Crippen LogP contribution in [0.2, 0.25) is 0 Å². The van der Waals surface area contributed by atoms with Gasteiger partial charge in [-0.2, -0.15) is 0 Å². The van der Waals surface area contributed by atoms with Gasteiger partial charge in [0.25, 0.3) is 0 Å². The molecule has 7 heteroatoms. The molecule has 0 unspecified atom stereocenters. The molecule has 146 valence electrons. The molecular formula is C21H22FN3O3. The van der Waals surface area contributed by atoms with Crippen LogP contribution in [0.4, 0.5) is 15.8 Å². The topological polar surface area (TPSA) is 78.5 Å². The van der Waals surface area contributed by atoms with Gasteiger partial charge in [0.2, 0.25) is 5.91 Å². The Morgan fingerprint density at radius 1 is 1.07 bits per heavy atom. The van der Waals surface area contributed by atoms with Crippen molar-refractivity contribution < 1.29 is 18.8 Å². The summed E-state index contributed by atoms with van der Waals surface area (Å²) >= 11 is 0. The van der Waals surface area contributed by atoms with Gasteiger partial charge in [-0.1, -0.05) is 18.2 Å². The van der Waals surface area contributed by atoms with Crippen LogP contribution in [0, 0.1) is 12.7 Å². The van der Waals surface area contributed by atoms with Gasteiger partial charge < -0.3 is 15.5 Å². The Kier molecular flexibility index (Phi) is 6.03. The molecule has 2 aromatic carbocycles. The van der Waals surface area contributed by atoms with Crippen molar-refractivity contribution >= 4 is 29.1 Å². The van der Waals surface area contributed by atoms with Gasteiger partial charge >= 0.3 is 11.8 Å². The van der Waals surface area contributed by atoms with Gasteiger partial charge in [0, 0.05) is 30.9 Å². The van der Waals surface area contributed by atoms with Crippen LogP contribution in [0.25, 0.3) is 0 Å². The van der Waals surface area contributed by atoms with E-state index in [0.717, 1.165) is 24.1 Å². The molecule has 0 bridgehead atoms. The summed E-state index contributed by atoms with van der Waals surface area (Å²) in [4.78, 5) is 38.1. The first-order valence-corrected chi connectivity index (χ1v) is 9.18. The van der Waals surface area contributed by atoms with Gasteiger partial charge in [-0.3, -0.25) is 14.4 Å². The molecule has 1 heterocycles. The minimum absolute atomic E-state index is 0.0647. The summed E-state index contributed by atoms with van der Waals surface area (Å²) in [6.45, 7) is 2.67. The largest absolute Gasteiger partial charge is 0.344 e. The molecule has 0 spiro atoms. The maximum absolute atomic E-state index is 12.9. The standard InChI is InChI=1S/C21H22FN3O3/c1-14-5-10-17(12-18(14)25-11-3-2-4-19(25)26)24-21(28)20(27)23-13-15-6-8-16(22)9-7-15/h5-10,12H,2-4,11,13H2,1H3,(H,23,27)(H,24,28). The van der Waals surface area contributed by atoms with Crippen LogP contribution in [0.3, 0.4) is 0 Å². The number of carbonyl (C=O) groups excluding carboxylic acids is 3. The fraction of sp³-hybridized carbons (Fsp3) is 0.286. The van der Waals surface area contributed by atoms with E-state index in [9.17, 15) is 18.8 Å². The molecular weight excluding hydrogens is 361 g/mol. The normalized spacial score (nSPS) is 13.9. The van der Waals surface area contributed by atoms with Crippen LogP contribution in [0.1, 0.15) is 30.4 Å². The Labute approximate surface area is 162 Å². The molecule has 1 aliphatic heterocycles. The molecule has 2 N–H and O–H groups in total. The second kappa shape index (κ2) is 8.65. The molecule has 6 nitrogen and oxygen atoms in total. The highest BCUT2D eigenvalue weighted by Gasteiger charge is 2.22. The summed E-state index contributed by atoms with van der Waals surface area (Å²) < 4.78 is 12.9. The first-order valence-electron chi connectivity index (χ1n) is 9.18. The second-order valence-electron chi connectivity index (χ2n) is 6.77. The summed E-state index contributed by atoms with van der Waals surface area (Å²) in [5, 5.41) is 5.06. The average Bonchev–Trinajstić information content (AvgIpc) is 2.69. The molecule has 0 radical (unpaired) electrons. The van der Waals surface area contributed by atoms with Crippen LogP contribution in [0.5, 0.6) is 0 Å². The second-order valence-corrected chi connectivity index (χ2v) is 6.77. The highest BCUT2D eigenvalue weighted by atomic mass is 19.1. The van der Waals surface area contributed by atoms with Crippen LogP contribution in [-0.4, -0.2) is 24.3 Å². The van der Waals surface area contributed by atoms with Crippen molar-refractivity contribution in [1.82, 2.24) is 5.32 Å². The van der Waals surface area contributed by atoms with Crippen molar-refractivity contribution in [3.8, 4) is 0 Å². The fourth-order valence-electron chi connectivity index (χ4n) is 3.09. The van der Waals surface area contributed by atoms with E-state index in [1.54, 1.807) is 17.0 Å². The fourth-order valence-corrected chi connectivity index (χ4v) is 3.09. The number of carbonyl (C=O) groups is 3. The monoisotopic (exact) mass is 383 g/mol. The van der Waals surface area contributed by atoms with Gasteiger partial charge in [0.05, 0.1) is 0 Å². The molecule has 1 fully saturated rings. The van der Waals surface area contributed by atoms with E-state index in [0.29, 0.717) is 24.2 Å². The quantitative estimate of drug-likeness (QED) is 0.797. The van der Waals surface area contributed by atoms with E-state index in [-0.39, 0.29) is 18.3 Å². The number of aryl methyl sites for hydroxylation is 1. The first-order chi connectivity index (χ1) is 13.4. The number of amides is 3. The van der Waals surface area contributed by atoms with Gasteiger partial charge in [-0.05, 0) is 55.2 Å². The Hall–Kier alpha value is -3.22. The van der Waals surface area contributed by atoms with Crippen molar-refractivity contribution in [3.63, 3.8) is 0 Å². The van der Waals surface area contributed by atoms with Crippen molar-refractivity contribution in [1.29, 1.82) is 0 Å². The Bertz CT molecular complexity index is 896. The van der Waals surface area contributed by atoms with Crippen molar-refractivity contribution in [3.05, 3.63) is 59.4 Å². The molecule has 2 aromatic rings. The van der Waals surface area contributed by atoms with Gasteiger partial charge in [-0.15, -0.1) is 0 Å². The third-order valence-corrected chi connectivity index (χ3v) is 4.65. The summed E-state index contributed by atoms with van der Waals surface area (Å²) in [5.41, 5.74) is 2.80. The lowest BCUT2D eigenvalue weighted by atomic mass is 10.1. The molecule has 1 aliphatic rings. The van der Waals surface area contributed by atoms with Crippen LogP contribution in [0.15, 0.2) is 42.5 Å². The van der Waals surface area contributed by atoms with E-state index >= 15 is 0 Å². The third kappa shape index (κ3) is 4.73. The molecule has 28 heavy (non-hydrogen) atoms. The molecule has 3 amide bonds. The number of nitrogens with one attached hydrogen (secondary N) is 2. The van der Waals surface area contributed by atoms with Crippen LogP contribution >= 0.6 is 0 Å². The minimum Gasteiger partial charge on any atom is -0.344 e. The predicted octanol–water partition coefficient (Wildman–Crippen LogP) is 2.91. The van der Waals surface area contributed by atoms with Crippen LogP contribution in [-0.2, 0) is 20.9 Å². The predicted molar refractivity (Wildman–Crippen MR) is 104 cm³/mol. The average molecular weight is 383 g/mol. The third-order valence-electron chi connectivity index (χ3n) is 4.65. The zero-order chi connectivity index (χ0) is 20.1. The van der Waals surface area contributed by atoms with Crippen molar-refractivity contribution in [2.24, 2.45) is 0 Å². The number of nitrogens with zero attached hydrogens (tertiary/aromatic N) is 1. The van der Waals surface area contributed by atoms with E-state index in [4.69, 9.17) is 0 Å². The molecule has 0 aliphatic carbocycles. The van der Waals surface area contributed by atoms with Crippen molar-refractivity contribution in [2.75, 3.05) is 16.8 Å². The number of rotatable bonds is 4. The molecule has 1 saturated heterocycles. The van der Waals surface area contributed by atoms with Crippen molar-refractivity contribution in [2.45, 2.75) is 32.7 Å². The number of halogens is 1. The summed E-state index contributed by atoms with van der Waals surface area (Å²) in [7, 11) is 0. The van der Waals surface area contributed by atoms with E-state index in [2.05, 4.69) is 10.6 Å². The zero-order valence-electron chi connectivity index (χ0n) is 15.6. The van der Waals surface area contributed by atoms with Gasteiger partial charge in [0.15, 0.2) is 0 Å². The lowest BCUT2D eigenvalue weighted by molar-refractivity contribution is -0.136. The summed E-state index contributed by atoms with van der Waals surface area (Å²) in [5.74, 6) is -1.90. The minimum atomic E-state index is -0.804. The smallest absolute Gasteiger partial charge is 0.313 e. The highest BCUT2D eigenvalue weighted by molar-refractivity contribution is 6.39. The molecule has 3 rings (SSSR count). The first kappa shape index (κ1) is 19.5. The zero-order valence-corrected chi connectivity index (χ0v) is 15.6. The van der Waals surface area contributed by atoms with E-state index < -0.39 is 11.8 Å². The summed E-state index contributed by atoms with van der Waals surface area (Å²) in [6, 6.07) is 10.9. The SMILES string of the molecule is Cc1ccc(NC(=O)C(=O)NCc2ccc(F)cc2)cc1N1CCCCC1=O. The Morgan fingerprint density at radius 2 is 1.82 bits per heavy atom. The number of hydrogen-bond donors (Lipinski definition) is 2.